The van der Waals surface area contributed by atoms with Gasteiger partial charge in [0.15, 0.2) is 0 Å². The number of carbonyl (C=O) groups is 1. The maximum Gasteiger partial charge on any atom is 0.244 e. The van der Waals surface area contributed by atoms with Crippen LogP contribution >= 0.6 is 11.6 Å². The molecule has 3 nitrogen and oxygen atoms in total. The Morgan fingerprint density at radius 3 is 2.25 bits per heavy atom. The van der Waals surface area contributed by atoms with Gasteiger partial charge in [-0.3, -0.25) is 4.79 Å². The zero-order valence-corrected chi connectivity index (χ0v) is 10.4. The zero-order chi connectivity index (χ0) is 12.1. The first-order valence-corrected chi connectivity index (χ1v) is 5.52. The average Bonchev–Trinajstić information content (AvgIpc) is 2.25. The van der Waals surface area contributed by atoms with E-state index in [-0.39, 0.29) is 17.2 Å². The first kappa shape index (κ1) is 12.8. The minimum atomic E-state index is -0.370. The minimum absolute atomic E-state index is 0.145. The number of ether oxygens (including phenoxy) is 1. The van der Waals surface area contributed by atoms with E-state index in [9.17, 15) is 4.79 Å². The molecule has 0 fully saturated rings. The lowest BCUT2D eigenvalue weighted by atomic mass is 10.1. The smallest absolute Gasteiger partial charge is 0.244 e. The SMILES string of the molecule is COc1ccc(NC(C(=O)Cl)C(C)C)cc1. The summed E-state index contributed by atoms with van der Waals surface area (Å²) in [4.78, 5) is 11.2. The molecule has 1 aromatic carbocycles. The molecule has 1 unspecified atom stereocenters. The van der Waals surface area contributed by atoms with Crippen molar-refractivity contribution in [1.29, 1.82) is 0 Å². The Morgan fingerprint density at radius 1 is 1.31 bits per heavy atom. The molecule has 0 aromatic heterocycles. The second-order valence-corrected chi connectivity index (χ2v) is 4.27. The third kappa shape index (κ3) is 3.42. The van der Waals surface area contributed by atoms with Gasteiger partial charge >= 0.3 is 0 Å². The van der Waals surface area contributed by atoms with Crippen LogP contribution in [0.4, 0.5) is 5.69 Å². The van der Waals surface area contributed by atoms with Gasteiger partial charge in [0.25, 0.3) is 0 Å². The number of hydrogen-bond donors (Lipinski definition) is 1. The molecule has 0 saturated carbocycles. The Bertz CT molecular complexity index is 349. The number of rotatable bonds is 5. The summed E-state index contributed by atoms with van der Waals surface area (Å²) in [6.45, 7) is 3.89. The molecule has 0 saturated heterocycles. The highest BCUT2D eigenvalue weighted by atomic mass is 35.5. The zero-order valence-electron chi connectivity index (χ0n) is 9.66. The van der Waals surface area contributed by atoms with Gasteiger partial charge in [-0.05, 0) is 41.8 Å². The van der Waals surface area contributed by atoms with Crippen molar-refractivity contribution < 1.29 is 9.53 Å². The van der Waals surface area contributed by atoms with Crippen molar-refractivity contribution in [2.45, 2.75) is 19.9 Å². The molecular weight excluding hydrogens is 226 g/mol. The largest absolute Gasteiger partial charge is 0.497 e. The van der Waals surface area contributed by atoms with Gasteiger partial charge in [0.2, 0.25) is 5.24 Å². The van der Waals surface area contributed by atoms with Crippen LogP contribution in [0.25, 0.3) is 0 Å². The summed E-state index contributed by atoms with van der Waals surface area (Å²) in [5, 5.41) is 2.72. The highest BCUT2D eigenvalue weighted by Crippen LogP contribution is 2.18. The fraction of sp³-hybridized carbons (Fsp3) is 0.417. The van der Waals surface area contributed by atoms with Crippen LogP contribution in [0.2, 0.25) is 0 Å². The first-order chi connectivity index (χ1) is 7.54. The lowest BCUT2D eigenvalue weighted by molar-refractivity contribution is -0.113. The van der Waals surface area contributed by atoms with Gasteiger partial charge in [-0.25, -0.2) is 0 Å². The number of methoxy groups -OCH3 is 1. The fourth-order valence-electron chi connectivity index (χ4n) is 1.35. The molecule has 0 heterocycles. The van der Waals surface area contributed by atoms with Crippen LogP contribution in [0.3, 0.4) is 0 Å². The van der Waals surface area contributed by atoms with Crippen LogP contribution in [0, 0.1) is 5.92 Å². The molecule has 0 radical (unpaired) electrons. The van der Waals surface area contributed by atoms with Crippen molar-refractivity contribution in [3.05, 3.63) is 24.3 Å². The van der Waals surface area contributed by atoms with E-state index >= 15 is 0 Å². The first-order valence-electron chi connectivity index (χ1n) is 5.14. The van der Waals surface area contributed by atoms with Gasteiger partial charge in [-0.1, -0.05) is 13.8 Å². The average molecular weight is 242 g/mol. The predicted molar refractivity (Wildman–Crippen MR) is 66.1 cm³/mol. The summed E-state index contributed by atoms with van der Waals surface area (Å²) >= 11 is 5.52. The third-order valence-corrected chi connectivity index (χ3v) is 2.56. The number of halogens is 1. The summed E-state index contributed by atoms with van der Waals surface area (Å²) < 4.78 is 5.05. The molecule has 0 aliphatic rings. The normalized spacial score (nSPS) is 12.3. The number of carbonyl (C=O) groups excluding carboxylic acids is 1. The van der Waals surface area contributed by atoms with Crippen molar-refractivity contribution in [2.75, 3.05) is 12.4 Å². The fourth-order valence-corrected chi connectivity index (χ4v) is 1.66. The van der Waals surface area contributed by atoms with Gasteiger partial charge < -0.3 is 10.1 Å². The van der Waals surface area contributed by atoms with Crippen LogP contribution in [-0.2, 0) is 4.79 Å². The second-order valence-electron chi connectivity index (χ2n) is 3.90. The molecule has 16 heavy (non-hydrogen) atoms. The summed E-state index contributed by atoms with van der Waals surface area (Å²) in [7, 11) is 1.61. The van der Waals surface area contributed by atoms with Gasteiger partial charge in [-0.2, -0.15) is 0 Å². The van der Waals surface area contributed by atoms with Crippen molar-refractivity contribution in [3.8, 4) is 5.75 Å². The molecule has 1 aromatic rings. The molecule has 0 aliphatic heterocycles. The van der Waals surface area contributed by atoms with Crippen molar-refractivity contribution >= 4 is 22.5 Å². The monoisotopic (exact) mass is 241 g/mol. The van der Waals surface area contributed by atoms with E-state index in [0.29, 0.717) is 0 Å². The second kappa shape index (κ2) is 5.75. The summed E-state index contributed by atoms with van der Waals surface area (Å²) in [6.07, 6.45) is 0. The van der Waals surface area contributed by atoms with Crippen molar-refractivity contribution in [2.24, 2.45) is 5.92 Å². The van der Waals surface area contributed by atoms with Crippen molar-refractivity contribution in [3.63, 3.8) is 0 Å². The van der Waals surface area contributed by atoms with Crippen LogP contribution in [0.1, 0.15) is 13.8 Å². The Morgan fingerprint density at radius 2 is 1.88 bits per heavy atom. The number of hydrogen-bond acceptors (Lipinski definition) is 3. The minimum Gasteiger partial charge on any atom is -0.497 e. The van der Waals surface area contributed by atoms with E-state index in [4.69, 9.17) is 16.3 Å². The molecule has 0 bridgehead atoms. The Kier molecular flexibility index (Phi) is 4.62. The van der Waals surface area contributed by atoms with E-state index < -0.39 is 0 Å². The van der Waals surface area contributed by atoms with Crippen LogP contribution in [-0.4, -0.2) is 18.4 Å². The Labute approximate surface area is 101 Å². The Hall–Kier alpha value is -1.22. The standard InChI is InChI=1S/C12H16ClNO2/c1-8(2)11(12(13)15)14-9-4-6-10(16-3)7-5-9/h4-8,11,14H,1-3H3. The van der Waals surface area contributed by atoms with Crippen molar-refractivity contribution in [1.82, 2.24) is 0 Å². The van der Waals surface area contributed by atoms with E-state index in [2.05, 4.69) is 5.32 Å². The maximum absolute atomic E-state index is 11.2. The number of anilines is 1. The Balaban J connectivity index is 2.74. The third-order valence-electron chi connectivity index (χ3n) is 2.32. The highest BCUT2D eigenvalue weighted by Gasteiger charge is 2.19. The van der Waals surface area contributed by atoms with Gasteiger partial charge in [0.1, 0.15) is 11.8 Å². The molecular formula is C12H16ClNO2. The number of benzene rings is 1. The molecule has 0 amide bonds. The van der Waals surface area contributed by atoms with Gasteiger partial charge in [-0.15, -0.1) is 0 Å². The topological polar surface area (TPSA) is 38.3 Å². The lowest BCUT2D eigenvalue weighted by Gasteiger charge is -2.19. The van der Waals surface area contributed by atoms with Crippen LogP contribution in [0.5, 0.6) is 5.75 Å². The summed E-state index contributed by atoms with van der Waals surface area (Å²) in [5.74, 6) is 0.927. The van der Waals surface area contributed by atoms with Crippen LogP contribution in [0.15, 0.2) is 24.3 Å². The maximum atomic E-state index is 11.2. The van der Waals surface area contributed by atoms with Crippen LogP contribution < -0.4 is 10.1 Å². The number of nitrogens with one attached hydrogen (secondary N) is 1. The van der Waals surface area contributed by atoms with E-state index in [0.717, 1.165) is 11.4 Å². The van der Waals surface area contributed by atoms with E-state index in [1.54, 1.807) is 7.11 Å². The van der Waals surface area contributed by atoms with E-state index in [1.165, 1.54) is 0 Å². The molecule has 1 atom stereocenters. The molecule has 1 N–H and O–H groups in total. The van der Waals surface area contributed by atoms with Gasteiger partial charge in [0, 0.05) is 5.69 Å². The molecule has 0 spiro atoms. The predicted octanol–water partition coefficient (Wildman–Crippen LogP) is 2.90. The summed E-state index contributed by atoms with van der Waals surface area (Å²) in [6, 6.07) is 7.01. The molecule has 88 valence electrons. The summed E-state index contributed by atoms with van der Waals surface area (Å²) in [5.41, 5.74) is 0.855. The lowest BCUT2D eigenvalue weighted by Crippen LogP contribution is -2.31. The van der Waals surface area contributed by atoms with Gasteiger partial charge in [0.05, 0.1) is 7.11 Å². The quantitative estimate of drug-likeness (QED) is 0.806. The van der Waals surface area contributed by atoms with E-state index in [1.807, 2.05) is 38.1 Å². The molecule has 4 heteroatoms. The highest BCUT2D eigenvalue weighted by molar-refractivity contribution is 6.65. The molecule has 0 aliphatic carbocycles. The molecule has 1 rings (SSSR count).